The number of amides is 4. The van der Waals surface area contributed by atoms with Gasteiger partial charge >= 0.3 is 0 Å². The number of halogens is 2. The zero-order chi connectivity index (χ0) is 46.1. The van der Waals surface area contributed by atoms with E-state index in [0.717, 1.165) is 24.8 Å². The highest BCUT2D eigenvalue weighted by Crippen LogP contribution is 2.28. The molecule has 62 heavy (non-hydrogen) atoms. The number of ketones is 2. The molecule has 4 amide bonds. The maximum absolute atomic E-state index is 13.6. The van der Waals surface area contributed by atoms with Crippen molar-refractivity contribution in [1.29, 1.82) is 0 Å². The molecule has 4 N–H and O–H groups in total. The Hall–Kier alpha value is -6.01. The number of fused-ring (bicyclic) bond motifs is 2. The highest BCUT2D eigenvalue weighted by molar-refractivity contribution is 7.88. The number of Topliss-reactive ketones (excluding diaryl/α,β-unsaturated/α-hetero) is 2. The Bertz CT molecular complexity index is 2580. The molecule has 0 unspecified atom stereocenters. The van der Waals surface area contributed by atoms with Gasteiger partial charge in [-0.25, -0.2) is 17.2 Å². The Morgan fingerprint density at radius 1 is 0.613 bits per heavy atom. The Morgan fingerprint density at radius 2 is 1.05 bits per heavy atom. The van der Waals surface area contributed by atoms with Gasteiger partial charge < -0.3 is 30.4 Å². The number of hydrogen-bond donors (Lipinski definition) is 4. The number of sulfonamides is 1. The van der Waals surface area contributed by atoms with Gasteiger partial charge in [0.1, 0.15) is 11.6 Å². The summed E-state index contributed by atoms with van der Waals surface area (Å²) in [6, 6.07) is 11.2. The first-order valence-electron chi connectivity index (χ1n) is 20.0. The molecule has 2 aromatic heterocycles. The van der Waals surface area contributed by atoms with Crippen molar-refractivity contribution in [3.63, 3.8) is 0 Å². The number of carbonyl (C=O) groups is 6. The van der Waals surface area contributed by atoms with Crippen LogP contribution in [0.3, 0.4) is 0 Å². The van der Waals surface area contributed by atoms with E-state index >= 15 is 0 Å². The zero-order valence-corrected chi connectivity index (χ0v) is 37.2. The van der Waals surface area contributed by atoms with Gasteiger partial charge in [-0.1, -0.05) is 0 Å². The van der Waals surface area contributed by atoms with Crippen LogP contribution in [0.15, 0.2) is 48.5 Å². The summed E-state index contributed by atoms with van der Waals surface area (Å²) in [5, 5.41) is 10.7. The monoisotopic (exact) mass is 877 g/mol. The number of aromatic nitrogens is 2. The first-order valence-corrected chi connectivity index (χ1v) is 21.9. The van der Waals surface area contributed by atoms with Crippen LogP contribution in [0, 0.1) is 25.5 Å². The van der Waals surface area contributed by atoms with Crippen LogP contribution in [0.5, 0.6) is 0 Å². The average Bonchev–Trinajstić information content (AvgIpc) is 3.75. The molecule has 0 radical (unpaired) electrons. The molecule has 6 rings (SSSR count). The molecule has 18 heteroatoms. The summed E-state index contributed by atoms with van der Waals surface area (Å²) in [6.07, 6.45) is 3.50. The quantitative estimate of drug-likeness (QED) is 0.122. The van der Waals surface area contributed by atoms with Crippen molar-refractivity contribution >= 4 is 56.6 Å². The molecule has 0 spiro atoms. The lowest BCUT2D eigenvalue weighted by atomic mass is 10.1. The van der Waals surface area contributed by atoms with Gasteiger partial charge in [0.25, 0.3) is 35.2 Å². The van der Waals surface area contributed by atoms with E-state index in [-0.39, 0.29) is 48.3 Å². The van der Waals surface area contributed by atoms with Crippen LogP contribution in [0.1, 0.15) is 119 Å². The third-order valence-electron chi connectivity index (χ3n) is 10.0. The molecular weight excluding hydrogens is 825 g/mol. The fraction of sp³-hybridized carbons (Fsp3) is 0.409. The number of benzene rings is 2. The van der Waals surface area contributed by atoms with E-state index in [4.69, 9.17) is 0 Å². The van der Waals surface area contributed by atoms with E-state index in [1.807, 2.05) is 0 Å². The predicted molar refractivity (Wildman–Crippen MR) is 230 cm³/mol. The van der Waals surface area contributed by atoms with E-state index in [1.165, 1.54) is 51.3 Å². The van der Waals surface area contributed by atoms with Crippen LogP contribution in [0.4, 0.5) is 20.2 Å². The summed E-state index contributed by atoms with van der Waals surface area (Å²) in [6.45, 7) is 14.4. The van der Waals surface area contributed by atoms with Crippen LogP contribution in [-0.2, 0) is 45.7 Å². The van der Waals surface area contributed by atoms with Crippen LogP contribution in [-0.4, -0.2) is 80.9 Å². The number of aryl methyl sites for hydroxylation is 2. The van der Waals surface area contributed by atoms with Crippen molar-refractivity contribution in [2.45, 2.75) is 105 Å². The lowest BCUT2D eigenvalue weighted by Crippen LogP contribution is -2.45. The third kappa shape index (κ3) is 11.3. The largest absolute Gasteiger partial charge is 0.345 e. The standard InChI is InChI=1S/C22H27FN4O5S.C22H26FN3O3/c1-13-10-14(6-7-16(13)23)24-20(29)15-11-17(19(28)21(30)25-22(2,3)4)27-9-8-26(12-18(15)27)33(5,31)32;1-13-11-14(8-9-16(13)23)24-20(28)15-12-18(26-10-6-5-7-17(15)26)19(27)21(29)25-22(2,3)4/h6-7,10-11H,8-9,12H2,1-5H3,(H,24,29)(H,25,30);8-9,11-12H,5-7,10H2,1-4H3,(H,24,28)(H,25,29). The van der Waals surface area contributed by atoms with Crippen molar-refractivity contribution in [2.75, 3.05) is 23.4 Å². The van der Waals surface area contributed by atoms with Crippen LogP contribution < -0.4 is 21.3 Å². The van der Waals surface area contributed by atoms with Crippen molar-refractivity contribution in [3.8, 4) is 0 Å². The number of nitrogens with one attached hydrogen (secondary N) is 4. The summed E-state index contributed by atoms with van der Waals surface area (Å²) < 4.78 is 55.7. The molecule has 0 saturated carbocycles. The molecule has 4 aromatic rings. The van der Waals surface area contributed by atoms with E-state index in [2.05, 4.69) is 21.3 Å². The number of carbonyl (C=O) groups excluding carboxylic acids is 6. The second-order valence-corrected chi connectivity index (χ2v) is 19.5. The topological polar surface area (TPSA) is 198 Å². The van der Waals surface area contributed by atoms with E-state index in [1.54, 1.807) is 66.0 Å². The number of hydrogen-bond acceptors (Lipinski definition) is 8. The highest BCUT2D eigenvalue weighted by atomic mass is 32.2. The molecule has 0 saturated heterocycles. The number of anilines is 2. The summed E-state index contributed by atoms with van der Waals surface area (Å²) in [5.41, 5.74) is 2.12. The Morgan fingerprint density at radius 3 is 1.47 bits per heavy atom. The van der Waals surface area contributed by atoms with Crippen LogP contribution in [0.25, 0.3) is 0 Å². The lowest BCUT2D eigenvalue weighted by molar-refractivity contribution is -0.119. The van der Waals surface area contributed by atoms with Crippen LogP contribution >= 0.6 is 0 Å². The smallest absolute Gasteiger partial charge is 0.294 e. The molecule has 2 aliphatic rings. The van der Waals surface area contributed by atoms with Gasteiger partial charge in [0.15, 0.2) is 0 Å². The zero-order valence-electron chi connectivity index (χ0n) is 36.3. The van der Waals surface area contributed by atoms with Crippen LogP contribution in [0.2, 0.25) is 0 Å². The minimum atomic E-state index is -3.55. The first kappa shape index (κ1) is 47.0. The average molecular weight is 878 g/mol. The Balaban J connectivity index is 0.000000236. The normalized spacial score (nSPS) is 14.0. The van der Waals surface area contributed by atoms with Gasteiger partial charge in [-0.2, -0.15) is 4.31 Å². The van der Waals surface area contributed by atoms with Crippen molar-refractivity contribution in [3.05, 3.63) is 105 Å². The minimum absolute atomic E-state index is 0.000313. The maximum atomic E-state index is 13.6. The molecule has 0 atom stereocenters. The Labute approximate surface area is 359 Å². The predicted octanol–water partition coefficient (Wildman–Crippen LogP) is 5.68. The van der Waals surface area contributed by atoms with E-state index in [0.29, 0.717) is 46.7 Å². The van der Waals surface area contributed by atoms with E-state index < -0.39 is 56.2 Å². The fourth-order valence-corrected chi connectivity index (χ4v) is 7.84. The summed E-state index contributed by atoms with van der Waals surface area (Å²) in [5.74, 6) is -4.74. The minimum Gasteiger partial charge on any atom is -0.345 e. The fourth-order valence-electron chi connectivity index (χ4n) is 7.07. The summed E-state index contributed by atoms with van der Waals surface area (Å²) in [4.78, 5) is 76.5. The molecule has 0 bridgehead atoms. The second kappa shape index (κ2) is 18.1. The van der Waals surface area contributed by atoms with Gasteiger partial charge in [-0.05, 0) is 134 Å². The van der Waals surface area contributed by atoms with Gasteiger partial charge in [-0.15, -0.1) is 0 Å². The molecule has 0 aliphatic carbocycles. The number of rotatable bonds is 9. The Kier molecular flexibility index (Phi) is 13.8. The lowest BCUT2D eigenvalue weighted by Gasteiger charge is -2.28. The van der Waals surface area contributed by atoms with Gasteiger partial charge in [-0.3, -0.25) is 28.8 Å². The molecule has 15 nitrogen and oxygen atoms in total. The molecule has 4 heterocycles. The first-order chi connectivity index (χ1) is 28.7. The third-order valence-corrected chi connectivity index (χ3v) is 11.3. The van der Waals surface area contributed by atoms with E-state index in [9.17, 15) is 46.0 Å². The molecule has 2 aromatic carbocycles. The van der Waals surface area contributed by atoms with Gasteiger partial charge in [0, 0.05) is 53.5 Å². The maximum Gasteiger partial charge on any atom is 0.294 e. The molecular formula is C44H53F2N7O8S. The SMILES string of the molecule is Cc1cc(NC(=O)c2cc(C(=O)C(=O)NC(C)(C)C)n3c2CCCC3)ccc1F.Cc1cc(NC(=O)c2cc(C(=O)C(=O)NC(C)(C)C)n3c2CN(S(C)(=O)=O)CC3)ccc1F. The van der Waals surface area contributed by atoms with Crippen molar-refractivity contribution < 1.29 is 46.0 Å². The summed E-state index contributed by atoms with van der Waals surface area (Å²) in [7, 11) is -3.55. The highest BCUT2D eigenvalue weighted by Gasteiger charge is 2.34. The second-order valence-electron chi connectivity index (χ2n) is 17.5. The van der Waals surface area contributed by atoms with Gasteiger partial charge in [0.2, 0.25) is 10.0 Å². The molecule has 0 fully saturated rings. The number of nitrogens with zero attached hydrogens (tertiary/aromatic N) is 3. The molecule has 332 valence electrons. The van der Waals surface area contributed by atoms with Crippen molar-refractivity contribution in [2.24, 2.45) is 0 Å². The molecule has 2 aliphatic heterocycles. The van der Waals surface area contributed by atoms with Crippen molar-refractivity contribution in [1.82, 2.24) is 24.1 Å². The van der Waals surface area contributed by atoms with Gasteiger partial charge in [0.05, 0.1) is 35.3 Å². The summed E-state index contributed by atoms with van der Waals surface area (Å²) >= 11 is 0.